The van der Waals surface area contributed by atoms with Crippen molar-refractivity contribution in [3.63, 3.8) is 0 Å². The molecule has 6 rings (SSSR count). The minimum atomic E-state index is -0.267. The van der Waals surface area contributed by atoms with Crippen molar-refractivity contribution in [2.75, 3.05) is 18.6 Å². The van der Waals surface area contributed by atoms with Gasteiger partial charge in [0.1, 0.15) is 17.2 Å². The predicted octanol–water partition coefficient (Wildman–Crippen LogP) is 6.75. The van der Waals surface area contributed by atoms with Crippen molar-refractivity contribution < 1.29 is 19.1 Å². The number of anilines is 1. The van der Waals surface area contributed by atoms with Gasteiger partial charge in [-0.1, -0.05) is 54.1 Å². The highest BCUT2D eigenvalue weighted by molar-refractivity contribution is 6.34. The van der Waals surface area contributed by atoms with Gasteiger partial charge in [-0.2, -0.15) is 0 Å². The standard InChI is InChI=1S/C35H31ClN4O4/c1-3-44-32-14-7-5-12-26(32)27-19-33(43-2)28(18-29(27)36)35(42)40-22-25-15-16-31(34(41)38-20-24-11-8-9-17-37-24)39(25)21-23-10-4-6-13-30(23)40/h4-19H,3,20-22H2,1-2H3,(H,38,41). The lowest BCUT2D eigenvalue weighted by atomic mass is 10.0. The summed E-state index contributed by atoms with van der Waals surface area (Å²) in [6.07, 6.45) is 1.70. The Morgan fingerprint density at radius 1 is 0.909 bits per heavy atom. The zero-order valence-corrected chi connectivity index (χ0v) is 25.2. The number of carbonyl (C=O) groups excluding carboxylic acids is 2. The minimum Gasteiger partial charge on any atom is -0.496 e. The molecule has 1 N–H and O–H groups in total. The highest BCUT2D eigenvalue weighted by Gasteiger charge is 2.29. The van der Waals surface area contributed by atoms with Gasteiger partial charge in [-0.15, -0.1) is 0 Å². The Morgan fingerprint density at radius 3 is 2.50 bits per heavy atom. The molecule has 222 valence electrons. The number of nitrogens with one attached hydrogen (secondary N) is 1. The normalized spacial score (nSPS) is 12.1. The Kier molecular flexibility index (Phi) is 8.34. The summed E-state index contributed by atoms with van der Waals surface area (Å²) in [6, 6.07) is 28.1. The molecule has 0 saturated carbocycles. The van der Waals surface area contributed by atoms with E-state index in [9.17, 15) is 9.59 Å². The molecule has 2 amide bonds. The second-order valence-corrected chi connectivity index (χ2v) is 10.7. The Morgan fingerprint density at radius 2 is 1.70 bits per heavy atom. The average molecular weight is 607 g/mol. The van der Waals surface area contributed by atoms with Crippen LogP contribution in [0.2, 0.25) is 5.02 Å². The number of amides is 2. The molecule has 2 aromatic heterocycles. The van der Waals surface area contributed by atoms with Crippen molar-refractivity contribution in [3.05, 3.63) is 130 Å². The fourth-order valence-electron chi connectivity index (χ4n) is 5.52. The van der Waals surface area contributed by atoms with Crippen LogP contribution in [0.25, 0.3) is 11.1 Å². The van der Waals surface area contributed by atoms with Crippen molar-refractivity contribution in [3.8, 4) is 22.6 Å². The second kappa shape index (κ2) is 12.7. The van der Waals surface area contributed by atoms with Crippen molar-refractivity contribution in [1.29, 1.82) is 0 Å². The van der Waals surface area contributed by atoms with E-state index >= 15 is 0 Å². The summed E-state index contributed by atoms with van der Waals surface area (Å²) in [5.74, 6) is 0.611. The number of carbonyl (C=O) groups is 2. The molecule has 3 aromatic carbocycles. The van der Waals surface area contributed by atoms with E-state index < -0.39 is 0 Å². The third kappa shape index (κ3) is 5.64. The Balaban J connectivity index is 1.34. The molecule has 1 aliphatic heterocycles. The number of ether oxygens (including phenoxy) is 2. The molecule has 0 atom stereocenters. The topological polar surface area (TPSA) is 85.7 Å². The molecule has 0 fully saturated rings. The van der Waals surface area contributed by atoms with Crippen molar-refractivity contribution in [1.82, 2.24) is 14.9 Å². The number of nitrogens with zero attached hydrogens (tertiary/aromatic N) is 3. The molecule has 0 aliphatic carbocycles. The third-order valence-corrected chi connectivity index (χ3v) is 7.95. The van der Waals surface area contributed by atoms with Gasteiger partial charge in [-0.25, -0.2) is 0 Å². The molecule has 44 heavy (non-hydrogen) atoms. The summed E-state index contributed by atoms with van der Waals surface area (Å²) >= 11 is 6.84. The summed E-state index contributed by atoms with van der Waals surface area (Å²) in [5, 5.41) is 3.37. The van der Waals surface area contributed by atoms with Gasteiger partial charge in [0.05, 0.1) is 44.6 Å². The molecule has 0 bridgehead atoms. The van der Waals surface area contributed by atoms with Crippen LogP contribution in [0.3, 0.4) is 0 Å². The number of methoxy groups -OCH3 is 1. The van der Waals surface area contributed by atoms with E-state index in [2.05, 4.69) is 10.3 Å². The number of hydrogen-bond acceptors (Lipinski definition) is 5. The lowest BCUT2D eigenvalue weighted by molar-refractivity contribution is 0.0940. The zero-order chi connectivity index (χ0) is 30.6. The summed E-state index contributed by atoms with van der Waals surface area (Å²) in [5.41, 5.74) is 5.61. The molecular formula is C35H31ClN4O4. The molecule has 3 heterocycles. The first-order valence-electron chi connectivity index (χ1n) is 14.3. The number of pyridine rings is 1. The highest BCUT2D eigenvalue weighted by Crippen LogP contribution is 2.40. The van der Waals surface area contributed by atoms with E-state index in [4.69, 9.17) is 21.1 Å². The SMILES string of the molecule is CCOc1ccccc1-c1cc(OC)c(C(=O)N2Cc3ccc(C(=O)NCc4ccccn4)n3Cc3ccccc32)cc1Cl. The first-order valence-corrected chi connectivity index (χ1v) is 14.7. The number of hydrogen-bond donors (Lipinski definition) is 1. The molecule has 1 aliphatic rings. The molecule has 0 unspecified atom stereocenters. The summed E-state index contributed by atoms with van der Waals surface area (Å²) < 4.78 is 13.5. The maximum atomic E-state index is 14.3. The fraction of sp³-hybridized carbons (Fsp3) is 0.171. The lowest BCUT2D eigenvalue weighted by Crippen LogP contribution is -2.31. The monoisotopic (exact) mass is 606 g/mol. The number of para-hydroxylation sites is 2. The highest BCUT2D eigenvalue weighted by atomic mass is 35.5. The molecular weight excluding hydrogens is 576 g/mol. The average Bonchev–Trinajstić information content (AvgIpc) is 3.37. The van der Waals surface area contributed by atoms with Gasteiger partial charge >= 0.3 is 0 Å². The Bertz CT molecular complexity index is 1840. The van der Waals surface area contributed by atoms with Gasteiger partial charge in [0, 0.05) is 33.7 Å². The van der Waals surface area contributed by atoms with Crippen molar-refractivity contribution >= 4 is 29.1 Å². The van der Waals surface area contributed by atoms with Gasteiger partial charge in [0.15, 0.2) is 0 Å². The van der Waals surface area contributed by atoms with Crippen molar-refractivity contribution in [2.45, 2.75) is 26.6 Å². The maximum absolute atomic E-state index is 14.3. The van der Waals surface area contributed by atoms with Gasteiger partial charge in [-0.3, -0.25) is 14.6 Å². The summed E-state index contributed by atoms with van der Waals surface area (Å²) in [4.78, 5) is 33.6. The zero-order valence-electron chi connectivity index (χ0n) is 24.4. The Hall–Kier alpha value is -5.08. The van der Waals surface area contributed by atoms with Crippen LogP contribution in [0.1, 0.15) is 44.7 Å². The first kappa shape index (κ1) is 29.0. The fourth-order valence-corrected chi connectivity index (χ4v) is 5.78. The van der Waals surface area contributed by atoms with E-state index in [1.807, 2.05) is 84.3 Å². The number of fused-ring (bicyclic) bond motifs is 2. The maximum Gasteiger partial charge on any atom is 0.268 e. The molecule has 5 aromatic rings. The summed E-state index contributed by atoms with van der Waals surface area (Å²) in [6.45, 7) is 3.42. The van der Waals surface area contributed by atoms with Crippen LogP contribution in [0.5, 0.6) is 11.5 Å². The third-order valence-electron chi connectivity index (χ3n) is 7.63. The van der Waals surface area contributed by atoms with Crippen LogP contribution in [-0.4, -0.2) is 35.1 Å². The van der Waals surface area contributed by atoms with Crippen molar-refractivity contribution in [2.24, 2.45) is 0 Å². The molecule has 0 spiro atoms. The van der Waals surface area contributed by atoms with Crippen LogP contribution in [0.15, 0.2) is 97.2 Å². The van der Waals surface area contributed by atoms with Gasteiger partial charge in [0.2, 0.25) is 0 Å². The predicted molar refractivity (Wildman–Crippen MR) is 171 cm³/mol. The van der Waals surface area contributed by atoms with Crippen LogP contribution in [0.4, 0.5) is 5.69 Å². The lowest BCUT2D eigenvalue weighted by Gasteiger charge is -2.24. The van der Waals surface area contributed by atoms with Crippen LogP contribution in [-0.2, 0) is 19.6 Å². The molecule has 0 saturated heterocycles. The number of benzene rings is 3. The first-order chi connectivity index (χ1) is 21.5. The summed E-state index contributed by atoms with van der Waals surface area (Å²) in [7, 11) is 1.54. The second-order valence-electron chi connectivity index (χ2n) is 10.3. The Labute approximate surface area is 260 Å². The molecule has 0 radical (unpaired) electrons. The van der Waals surface area contributed by atoms with E-state index in [1.54, 1.807) is 29.3 Å². The van der Waals surface area contributed by atoms with E-state index in [0.717, 1.165) is 28.2 Å². The van der Waals surface area contributed by atoms with Crippen LogP contribution in [0, 0.1) is 0 Å². The van der Waals surface area contributed by atoms with E-state index in [-0.39, 0.29) is 18.4 Å². The quantitative estimate of drug-likeness (QED) is 0.211. The largest absolute Gasteiger partial charge is 0.496 e. The number of aromatic nitrogens is 2. The van der Waals surface area contributed by atoms with E-state index in [0.29, 0.717) is 53.0 Å². The van der Waals surface area contributed by atoms with Gasteiger partial charge in [-0.05, 0) is 61.0 Å². The minimum absolute atomic E-state index is 0.212. The van der Waals surface area contributed by atoms with Crippen LogP contribution < -0.4 is 19.7 Å². The smallest absolute Gasteiger partial charge is 0.268 e. The van der Waals surface area contributed by atoms with Gasteiger partial charge < -0.3 is 24.3 Å². The molecule has 9 heteroatoms. The van der Waals surface area contributed by atoms with E-state index in [1.165, 1.54) is 7.11 Å². The number of halogens is 1. The van der Waals surface area contributed by atoms with Gasteiger partial charge in [0.25, 0.3) is 11.8 Å². The van der Waals surface area contributed by atoms with Crippen LogP contribution >= 0.6 is 11.6 Å². The number of rotatable bonds is 8. The molecule has 8 nitrogen and oxygen atoms in total.